The van der Waals surface area contributed by atoms with Gasteiger partial charge in [-0.25, -0.2) is 0 Å². The van der Waals surface area contributed by atoms with E-state index >= 15 is 0 Å². The molecule has 11 unspecified atom stereocenters. The van der Waals surface area contributed by atoms with Crippen LogP contribution in [-0.4, -0.2) is 72.5 Å². The molecule has 1 heterocycles. The molecule has 0 aromatic heterocycles. The Bertz CT molecular complexity index is 877. The van der Waals surface area contributed by atoms with Crippen LogP contribution in [0.25, 0.3) is 0 Å². The fourth-order valence-electron chi connectivity index (χ4n) is 7.58. The van der Waals surface area contributed by atoms with Crippen LogP contribution in [0.3, 0.4) is 0 Å². The number of nitrogens with one attached hydrogen (secondary N) is 3. The van der Waals surface area contributed by atoms with Crippen LogP contribution in [0.4, 0.5) is 0 Å². The predicted octanol–water partition coefficient (Wildman–Crippen LogP) is 5.09. The average molecular weight is 592 g/mol. The lowest BCUT2D eigenvalue weighted by Crippen LogP contribution is -2.58. The summed E-state index contributed by atoms with van der Waals surface area (Å²) in [7, 11) is 1.96. The molecule has 5 N–H and O–H groups in total. The third-order valence-electron chi connectivity index (χ3n) is 10.2. The molecule has 1 fully saturated rings. The molecule has 0 amide bonds. The molecule has 0 bridgehead atoms. The molecule has 1 aliphatic heterocycles. The van der Waals surface area contributed by atoms with Crippen molar-refractivity contribution >= 4 is 12.6 Å². The van der Waals surface area contributed by atoms with E-state index in [4.69, 9.17) is 4.74 Å². The number of thiol groups is 1. The molecule has 11 atom stereocenters. The van der Waals surface area contributed by atoms with Gasteiger partial charge in [-0.3, -0.25) is 0 Å². The minimum atomic E-state index is -0.543. The zero-order valence-corrected chi connectivity index (χ0v) is 27.7. The normalized spacial score (nSPS) is 37.3. The van der Waals surface area contributed by atoms with Gasteiger partial charge in [0.25, 0.3) is 0 Å². The van der Waals surface area contributed by atoms with Gasteiger partial charge in [-0.15, -0.1) is 0 Å². The van der Waals surface area contributed by atoms with E-state index in [-0.39, 0.29) is 53.3 Å². The smallest absolute Gasteiger partial charge is 0.106 e. The molecular formula is C34H61N3O3S. The number of aliphatic hydroxyl groups is 2. The molecule has 2 aliphatic carbocycles. The van der Waals surface area contributed by atoms with Crippen LogP contribution >= 0.6 is 12.6 Å². The highest BCUT2D eigenvalue weighted by atomic mass is 32.1. The van der Waals surface area contributed by atoms with Crippen molar-refractivity contribution in [2.24, 2.45) is 35.0 Å². The van der Waals surface area contributed by atoms with Gasteiger partial charge in [-0.1, -0.05) is 52.0 Å². The van der Waals surface area contributed by atoms with Crippen molar-refractivity contribution in [2.75, 3.05) is 25.9 Å². The number of rotatable bonds is 13. The Kier molecular flexibility index (Phi) is 13.8. The highest BCUT2D eigenvalue weighted by molar-refractivity contribution is 7.80. The largest absolute Gasteiger partial charge is 0.493 e. The van der Waals surface area contributed by atoms with Crippen LogP contribution in [0.2, 0.25) is 0 Å². The molecule has 3 rings (SSSR count). The third-order valence-corrected chi connectivity index (χ3v) is 10.8. The summed E-state index contributed by atoms with van der Waals surface area (Å²) in [6.07, 6.45) is 15.6. The van der Waals surface area contributed by atoms with Crippen LogP contribution in [0, 0.1) is 35.0 Å². The summed E-state index contributed by atoms with van der Waals surface area (Å²) in [6.45, 7) is 14.9. The molecule has 0 aromatic rings. The summed E-state index contributed by atoms with van der Waals surface area (Å²) >= 11 is 4.58. The van der Waals surface area contributed by atoms with Gasteiger partial charge in [0.15, 0.2) is 0 Å². The van der Waals surface area contributed by atoms with Crippen LogP contribution in [-0.2, 0) is 4.74 Å². The second-order valence-corrected chi connectivity index (χ2v) is 14.1. The monoisotopic (exact) mass is 591 g/mol. The Hall–Kier alpha value is -0.830. The van der Waals surface area contributed by atoms with Crippen molar-refractivity contribution < 1.29 is 14.9 Å². The van der Waals surface area contributed by atoms with E-state index in [1.807, 2.05) is 7.05 Å². The molecule has 1 saturated carbocycles. The molecule has 6 nitrogen and oxygen atoms in total. The molecule has 0 radical (unpaired) electrons. The van der Waals surface area contributed by atoms with Crippen LogP contribution < -0.4 is 16.0 Å². The van der Waals surface area contributed by atoms with Crippen LogP contribution in [0.1, 0.15) is 80.1 Å². The molecule has 41 heavy (non-hydrogen) atoms. The maximum Gasteiger partial charge on any atom is 0.106 e. The Morgan fingerprint density at radius 1 is 1.22 bits per heavy atom. The van der Waals surface area contributed by atoms with Crippen molar-refractivity contribution in [3.05, 3.63) is 36.1 Å². The summed E-state index contributed by atoms with van der Waals surface area (Å²) in [4.78, 5) is 0. The first kappa shape index (κ1) is 34.7. The van der Waals surface area contributed by atoms with Gasteiger partial charge in [0.05, 0.1) is 18.8 Å². The number of allylic oxidation sites excluding steroid dienone is 4. The van der Waals surface area contributed by atoms with Gasteiger partial charge in [0, 0.05) is 35.9 Å². The second kappa shape index (κ2) is 16.3. The Balaban J connectivity index is 1.91. The molecule has 7 heteroatoms. The lowest BCUT2D eigenvalue weighted by atomic mass is 9.63. The summed E-state index contributed by atoms with van der Waals surface area (Å²) in [5.74, 6) is 2.42. The first-order valence-electron chi connectivity index (χ1n) is 16.3. The minimum absolute atomic E-state index is 0.00438. The summed E-state index contributed by atoms with van der Waals surface area (Å²) in [6, 6.07) is 0.391. The van der Waals surface area contributed by atoms with E-state index in [2.05, 4.69) is 101 Å². The zero-order valence-electron chi connectivity index (χ0n) is 26.9. The topological polar surface area (TPSA) is 85.8 Å². The van der Waals surface area contributed by atoms with E-state index < -0.39 is 12.2 Å². The van der Waals surface area contributed by atoms with Gasteiger partial charge in [0.1, 0.15) is 11.9 Å². The van der Waals surface area contributed by atoms with Crippen LogP contribution in [0.5, 0.6) is 0 Å². The van der Waals surface area contributed by atoms with Gasteiger partial charge < -0.3 is 30.9 Å². The quantitative estimate of drug-likeness (QED) is 0.102. The third kappa shape index (κ3) is 8.86. The first-order chi connectivity index (χ1) is 19.6. The number of hydrogen-bond acceptors (Lipinski definition) is 7. The predicted molar refractivity (Wildman–Crippen MR) is 175 cm³/mol. The van der Waals surface area contributed by atoms with Crippen LogP contribution in [0.15, 0.2) is 36.1 Å². The molecule has 0 spiro atoms. The molecule has 3 aliphatic rings. The second-order valence-electron chi connectivity index (χ2n) is 13.7. The number of hydrogen-bond donors (Lipinski definition) is 6. The maximum atomic E-state index is 12.3. The van der Waals surface area contributed by atoms with E-state index in [0.29, 0.717) is 5.92 Å². The number of ether oxygens (including phenoxy) is 1. The molecule has 236 valence electrons. The number of aliphatic hydroxyl groups excluding tert-OH is 2. The highest BCUT2D eigenvalue weighted by Gasteiger charge is 2.49. The van der Waals surface area contributed by atoms with Gasteiger partial charge in [-0.05, 0) is 95.0 Å². The Morgan fingerprint density at radius 3 is 2.63 bits per heavy atom. The van der Waals surface area contributed by atoms with Crippen molar-refractivity contribution in [3.8, 4) is 0 Å². The molecule has 0 saturated heterocycles. The van der Waals surface area contributed by atoms with Crippen molar-refractivity contribution in [2.45, 2.75) is 117 Å². The van der Waals surface area contributed by atoms with E-state index in [0.717, 1.165) is 63.1 Å². The van der Waals surface area contributed by atoms with Gasteiger partial charge in [0.2, 0.25) is 0 Å². The highest BCUT2D eigenvalue weighted by Crippen LogP contribution is 2.45. The van der Waals surface area contributed by atoms with Crippen molar-refractivity contribution in [1.29, 1.82) is 0 Å². The fourth-order valence-corrected chi connectivity index (χ4v) is 7.90. The van der Waals surface area contributed by atoms with E-state index in [1.165, 1.54) is 0 Å². The Morgan fingerprint density at radius 2 is 1.98 bits per heavy atom. The van der Waals surface area contributed by atoms with E-state index in [1.54, 1.807) is 0 Å². The first-order valence-corrected chi connectivity index (χ1v) is 17.0. The summed E-state index contributed by atoms with van der Waals surface area (Å²) in [5, 5.41) is 34.9. The SMILES string of the molecule is CC=CC1CC(NC(C)C(C)CS)C(CC2C=CCC(C)(C)C(NC)C2O)C(O)C1C1CCC=C(CNCCC)O1. The lowest BCUT2D eigenvalue weighted by molar-refractivity contribution is -0.0983. The lowest BCUT2D eigenvalue weighted by Gasteiger charge is -2.50. The van der Waals surface area contributed by atoms with Crippen molar-refractivity contribution in [3.63, 3.8) is 0 Å². The minimum Gasteiger partial charge on any atom is -0.493 e. The molecule has 0 aromatic carbocycles. The van der Waals surface area contributed by atoms with Crippen molar-refractivity contribution in [1.82, 2.24) is 16.0 Å². The summed E-state index contributed by atoms with van der Waals surface area (Å²) < 4.78 is 6.63. The van der Waals surface area contributed by atoms with Gasteiger partial charge in [-0.2, -0.15) is 12.6 Å². The maximum absolute atomic E-state index is 12.3. The standard InChI is InChI=1S/C34H61N3O3S/c1-8-12-24-19-28(37-23(4)22(3)21-41)27(18-25-13-11-16-34(5,6)33(35-7)31(25)38)32(39)30(24)29-15-10-14-26(40-29)20-36-17-9-2/h8,11-14,22-25,27-33,35-39,41H,9-10,15-21H2,1-7H3. The number of likely N-dealkylation sites (N-methyl/N-ethyl adjacent to an activating group) is 1. The summed E-state index contributed by atoms with van der Waals surface area (Å²) in [5.41, 5.74) is -0.0528. The average Bonchev–Trinajstić information content (AvgIpc) is 3.04. The Labute approximate surface area is 256 Å². The van der Waals surface area contributed by atoms with Gasteiger partial charge >= 0.3 is 0 Å². The molecular weight excluding hydrogens is 530 g/mol. The fraction of sp³-hybridized carbons (Fsp3) is 0.824. The zero-order chi connectivity index (χ0) is 30.2. The van der Waals surface area contributed by atoms with E-state index in [9.17, 15) is 10.2 Å².